The van der Waals surface area contributed by atoms with E-state index in [1.54, 1.807) is 0 Å². The van der Waals surface area contributed by atoms with Crippen LogP contribution in [0.3, 0.4) is 0 Å². The van der Waals surface area contributed by atoms with Gasteiger partial charge in [-0.15, -0.1) is 0 Å². The number of hydrogen-bond donors (Lipinski definition) is 0. The molecule has 0 radical (unpaired) electrons. The molecule has 0 aliphatic carbocycles. The first kappa shape index (κ1) is 11.7. The molecule has 3 heteroatoms. The molecule has 15 heavy (non-hydrogen) atoms. The molecule has 0 saturated carbocycles. The first-order valence-corrected chi connectivity index (χ1v) is 5.01. The molecule has 0 bridgehead atoms. The first-order valence-electron chi connectivity index (χ1n) is 5.01. The maximum absolute atomic E-state index is 10.5. The molecule has 82 valence electrons. The van der Waals surface area contributed by atoms with E-state index in [0.717, 1.165) is 23.2 Å². The molecule has 1 rings (SSSR count). The molecule has 1 aromatic rings. The predicted molar refractivity (Wildman–Crippen MR) is 58.1 cm³/mol. The van der Waals surface area contributed by atoms with Gasteiger partial charge in [-0.05, 0) is 25.5 Å². The summed E-state index contributed by atoms with van der Waals surface area (Å²) in [7, 11) is 0. The summed E-state index contributed by atoms with van der Waals surface area (Å²) in [6.45, 7) is 4.74. The van der Waals surface area contributed by atoms with Gasteiger partial charge in [0, 0.05) is 18.6 Å². The summed E-state index contributed by atoms with van der Waals surface area (Å²) in [6.07, 6.45) is 1.25. The summed E-state index contributed by atoms with van der Waals surface area (Å²) in [5, 5.41) is 0. The number of hydrogen-bond acceptors (Lipinski definition) is 3. The van der Waals surface area contributed by atoms with Crippen LogP contribution >= 0.6 is 0 Å². The van der Waals surface area contributed by atoms with E-state index in [0.29, 0.717) is 13.0 Å². The molecule has 0 aliphatic heterocycles. The number of aldehydes is 1. The van der Waals surface area contributed by atoms with Crippen molar-refractivity contribution in [3.63, 3.8) is 0 Å². The number of carbonyl (C=O) groups excluding carboxylic acids is 1. The van der Waals surface area contributed by atoms with Crippen LogP contribution in [0.15, 0.2) is 18.2 Å². The van der Waals surface area contributed by atoms with Crippen LogP contribution in [0.4, 0.5) is 0 Å². The van der Waals surface area contributed by atoms with Crippen LogP contribution in [0.25, 0.3) is 0 Å². The van der Waals surface area contributed by atoms with Gasteiger partial charge in [0.1, 0.15) is 12.0 Å². The van der Waals surface area contributed by atoms with E-state index >= 15 is 0 Å². The minimum atomic E-state index is 0.228. The van der Waals surface area contributed by atoms with Crippen molar-refractivity contribution in [2.45, 2.75) is 20.3 Å². The first-order chi connectivity index (χ1) is 7.27. The van der Waals surface area contributed by atoms with Crippen LogP contribution in [0.2, 0.25) is 0 Å². The van der Waals surface area contributed by atoms with E-state index in [2.05, 4.69) is 0 Å². The Morgan fingerprint density at radius 3 is 2.87 bits per heavy atom. The van der Waals surface area contributed by atoms with Crippen LogP contribution in [0, 0.1) is 6.92 Å². The highest BCUT2D eigenvalue weighted by atomic mass is 16.7. The molecule has 0 aliphatic rings. The number of rotatable bonds is 6. The van der Waals surface area contributed by atoms with Crippen molar-refractivity contribution < 1.29 is 14.3 Å². The molecule has 0 unspecified atom stereocenters. The van der Waals surface area contributed by atoms with Crippen molar-refractivity contribution in [3.05, 3.63) is 29.3 Å². The number of benzene rings is 1. The van der Waals surface area contributed by atoms with Gasteiger partial charge in [0.15, 0.2) is 6.79 Å². The Morgan fingerprint density at radius 1 is 1.40 bits per heavy atom. The van der Waals surface area contributed by atoms with Gasteiger partial charge >= 0.3 is 0 Å². The average molecular weight is 208 g/mol. The quantitative estimate of drug-likeness (QED) is 0.408. The third kappa shape index (κ3) is 3.72. The predicted octanol–water partition coefficient (Wildman–Crippen LogP) is 2.11. The van der Waals surface area contributed by atoms with Crippen LogP contribution < -0.4 is 4.74 Å². The van der Waals surface area contributed by atoms with Crippen LogP contribution in [-0.2, 0) is 16.0 Å². The molecule has 0 amide bonds. The second-order valence-electron chi connectivity index (χ2n) is 3.24. The Labute approximate surface area is 90.0 Å². The lowest BCUT2D eigenvalue weighted by atomic mass is 10.1. The zero-order chi connectivity index (χ0) is 11.1. The maximum Gasteiger partial charge on any atom is 0.189 e. The normalized spacial score (nSPS) is 10.0. The average Bonchev–Trinajstić information content (AvgIpc) is 2.22. The third-order valence-electron chi connectivity index (χ3n) is 2.03. The minimum absolute atomic E-state index is 0.228. The second-order valence-corrected chi connectivity index (χ2v) is 3.24. The lowest BCUT2D eigenvalue weighted by Crippen LogP contribution is -2.04. The number of carbonyl (C=O) groups is 1. The van der Waals surface area contributed by atoms with Crippen LogP contribution in [0.5, 0.6) is 5.75 Å². The monoisotopic (exact) mass is 208 g/mol. The molecule has 0 heterocycles. The summed E-state index contributed by atoms with van der Waals surface area (Å²) >= 11 is 0. The van der Waals surface area contributed by atoms with Crippen molar-refractivity contribution in [2.75, 3.05) is 13.4 Å². The Balaban J connectivity index is 2.72. The summed E-state index contributed by atoms with van der Waals surface area (Å²) in [5.74, 6) is 0.732. The number of ether oxygens (including phenoxy) is 2. The molecule has 3 nitrogen and oxygen atoms in total. The van der Waals surface area contributed by atoms with Crippen molar-refractivity contribution in [3.8, 4) is 5.75 Å². The summed E-state index contributed by atoms with van der Waals surface area (Å²) < 4.78 is 10.5. The van der Waals surface area contributed by atoms with Crippen molar-refractivity contribution >= 4 is 6.29 Å². The second kappa shape index (κ2) is 6.19. The molecule has 1 aromatic carbocycles. The fourth-order valence-electron chi connectivity index (χ4n) is 1.24. The molecule has 0 aromatic heterocycles. The van der Waals surface area contributed by atoms with Gasteiger partial charge in [0.2, 0.25) is 0 Å². The summed E-state index contributed by atoms with van der Waals surface area (Å²) in [4.78, 5) is 10.5. The van der Waals surface area contributed by atoms with Crippen molar-refractivity contribution in [1.29, 1.82) is 0 Å². The van der Waals surface area contributed by atoms with E-state index in [1.807, 2.05) is 32.0 Å². The number of aryl methyl sites for hydroxylation is 1. The van der Waals surface area contributed by atoms with Gasteiger partial charge in [0.05, 0.1) is 0 Å². The molecular formula is C12H16O3. The highest BCUT2D eigenvalue weighted by molar-refractivity contribution is 5.57. The molecular weight excluding hydrogens is 192 g/mol. The minimum Gasteiger partial charge on any atom is -0.467 e. The Morgan fingerprint density at radius 2 is 2.20 bits per heavy atom. The fraction of sp³-hybridized carbons (Fsp3) is 0.417. The zero-order valence-corrected chi connectivity index (χ0v) is 9.16. The smallest absolute Gasteiger partial charge is 0.189 e. The van der Waals surface area contributed by atoms with Gasteiger partial charge in [0.25, 0.3) is 0 Å². The summed E-state index contributed by atoms with van der Waals surface area (Å²) in [6, 6.07) is 5.79. The van der Waals surface area contributed by atoms with Crippen LogP contribution in [0.1, 0.15) is 18.1 Å². The van der Waals surface area contributed by atoms with Gasteiger partial charge in [-0.2, -0.15) is 0 Å². The van der Waals surface area contributed by atoms with E-state index in [9.17, 15) is 4.79 Å². The Hall–Kier alpha value is -1.35. The molecule has 0 saturated heterocycles. The lowest BCUT2D eigenvalue weighted by Gasteiger charge is -2.10. The van der Waals surface area contributed by atoms with E-state index in [-0.39, 0.29) is 6.79 Å². The standard InChI is InChI=1S/C12H16O3/c1-3-14-9-15-12-8-10(2)4-5-11(12)6-7-13/h4-5,7-8H,3,6,9H2,1-2H3. The van der Waals surface area contributed by atoms with Crippen LogP contribution in [-0.4, -0.2) is 19.7 Å². The highest BCUT2D eigenvalue weighted by Gasteiger charge is 2.03. The van der Waals surface area contributed by atoms with E-state index < -0.39 is 0 Å². The van der Waals surface area contributed by atoms with Gasteiger partial charge in [-0.1, -0.05) is 12.1 Å². The molecule has 0 N–H and O–H groups in total. The fourth-order valence-corrected chi connectivity index (χ4v) is 1.24. The van der Waals surface area contributed by atoms with Gasteiger partial charge in [-0.25, -0.2) is 0 Å². The van der Waals surface area contributed by atoms with Crippen molar-refractivity contribution in [1.82, 2.24) is 0 Å². The largest absolute Gasteiger partial charge is 0.467 e. The summed E-state index contributed by atoms with van der Waals surface area (Å²) in [5.41, 5.74) is 2.01. The molecule has 0 spiro atoms. The topological polar surface area (TPSA) is 35.5 Å². The van der Waals surface area contributed by atoms with Gasteiger partial charge in [-0.3, -0.25) is 0 Å². The SMILES string of the molecule is CCOCOc1cc(C)ccc1CC=O. The maximum atomic E-state index is 10.5. The van der Waals surface area contributed by atoms with E-state index in [4.69, 9.17) is 9.47 Å². The molecule has 0 fully saturated rings. The van der Waals surface area contributed by atoms with Gasteiger partial charge < -0.3 is 14.3 Å². The lowest BCUT2D eigenvalue weighted by molar-refractivity contribution is -0.107. The Bertz CT molecular complexity index is 321. The zero-order valence-electron chi connectivity index (χ0n) is 9.16. The van der Waals surface area contributed by atoms with Crippen molar-refractivity contribution in [2.24, 2.45) is 0 Å². The van der Waals surface area contributed by atoms with E-state index in [1.165, 1.54) is 0 Å². The third-order valence-corrected chi connectivity index (χ3v) is 2.03. The highest BCUT2D eigenvalue weighted by Crippen LogP contribution is 2.20. The molecule has 0 atom stereocenters. The Kier molecular flexibility index (Phi) is 4.84.